The van der Waals surface area contributed by atoms with E-state index >= 15 is 0 Å². The van der Waals surface area contributed by atoms with Crippen LogP contribution >= 0.6 is 0 Å². The second kappa shape index (κ2) is 7.70. The molecule has 1 atom stereocenters. The van der Waals surface area contributed by atoms with E-state index in [1.807, 2.05) is 74.6 Å². The SMILES string of the molecule is CN(Cc1ccccc1)C(=O)C1(C)CCN1C(=O)Cc1cccc2ccccc12. The van der Waals surface area contributed by atoms with E-state index in [0.29, 0.717) is 25.9 Å². The Balaban J connectivity index is 1.48. The number of rotatable bonds is 5. The predicted molar refractivity (Wildman–Crippen MR) is 115 cm³/mol. The highest BCUT2D eigenvalue weighted by Crippen LogP contribution is 2.33. The van der Waals surface area contributed by atoms with Gasteiger partial charge in [-0.05, 0) is 35.2 Å². The molecule has 0 saturated carbocycles. The van der Waals surface area contributed by atoms with Crippen molar-refractivity contribution >= 4 is 22.6 Å². The van der Waals surface area contributed by atoms with Gasteiger partial charge in [0, 0.05) is 20.1 Å². The van der Waals surface area contributed by atoms with E-state index in [1.54, 1.807) is 9.80 Å². The average Bonchev–Trinajstić information content (AvgIpc) is 2.72. The van der Waals surface area contributed by atoms with Gasteiger partial charge >= 0.3 is 0 Å². The van der Waals surface area contributed by atoms with Crippen molar-refractivity contribution in [1.29, 1.82) is 0 Å². The Labute approximate surface area is 171 Å². The number of hydrogen-bond donors (Lipinski definition) is 0. The molecule has 0 spiro atoms. The van der Waals surface area contributed by atoms with Crippen LogP contribution in [0, 0.1) is 0 Å². The first-order valence-electron chi connectivity index (χ1n) is 10.1. The lowest BCUT2D eigenvalue weighted by molar-refractivity contribution is -0.163. The molecule has 1 aliphatic heterocycles. The average molecular weight is 386 g/mol. The van der Waals surface area contributed by atoms with Crippen LogP contribution in [0.4, 0.5) is 0 Å². The van der Waals surface area contributed by atoms with E-state index in [1.165, 1.54) is 0 Å². The van der Waals surface area contributed by atoms with Gasteiger partial charge in [0.15, 0.2) is 0 Å². The maximum atomic E-state index is 13.2. The molecule has 0 radical (unpaired) electrons. The summed E-state index contributed by atoms with van der Waals surface area (Å²) in [5.41, 5.74) is 1.33. The maximum absolute atomic E-state index is 13.2. The van der Waals surface area contributed by atoms with E-state index in [2.05, 4.69) is 12.1 Å². The van der Waals surface area contributed by atoms with Crippen LogP contribution in [0.1, 0.15) is 24.5 Å². The van der Waals surface area contributed by atoms with Crippen LogP contribution in [0.15, 0.2) is 72.8 Å². The lowest BCUT2D eigenvalue weighted by Gasteiger charge is -2.50. The Bertz CT molecular complexity index is 1040. The molecule has 1 aliphatic rings. The first-order valence-corrected chi connectivity index (χ1v) is 10.1. The molecule has 0 bridgehead atoms. The summed E-state index contributed by atoms with van der Waals surface area (Å²) in [5, 5.41) is 2.22. The Morgan fingerprint density at radius 3 is 2.38 bits per heavy atom. The largest absolute Gasteiger partial charge is 0.339 e. The van der Waals surface area contributed by atoms with Crippen LogP contribution in [0.25, 0.3) is 10.8 Å². The van der Waals surface area contributed by atoms with E-state index in [4.69, 9.17) is 0 Å². The van der Waals surface area contributed by atoms with E-state index in [-0.39, 0.29) is 11.8 Å². The monoisotopic (exact) mass is 386 g/mol. The number of benzene rings is 3. The van der Waals surface area contributed by atoms with Crippen molar-refractivity contribution in [2.75, 3.05) is 13.6 Å². The Kier molecular flexibility index (Phi) is 5.10. The van der Waals surface area contributed by atoms with Gasteiger partial charge in [-0.15, -0.1) is 0 Å². The van der Waals surface area contributed by atoms with Gasteiger partial charge in [-0.1, -0.05) is 72.8 Å². The Morgan fingerprint density at radius 1 is 0.966 bits per heavy atom. The summed E-state index contributed by atoms with van der Waals surface area (Å²) in [6, 6.07) is 24.1. The molecule has 4 nitrogen and oxygen atoms in total. The zero-order valence-electron chi connectivity index (χ0n) is 17.0. The molecule has 0 aliphatic carbocycles. The third-order valence-electron chi connectivity index (χ3n) is 6.01. The van der Waals surface area contributed by atoms with Crippen LogP contribution in [0.2, 0.25) is 0 Å². The molecule has 3 aromatic rings. The summed E-state index contributed by atoms with van der Waals surface area (Å²) in [4.78, 5) is 29.7. The number of hydrogen-bond acceptors (Lipinski definition) is 2. The summed E-state index contributed by atoms with van der Waals surface area (Å²) in [7, 11) is 1.81. The molecule has 0 aromatic heterocycles. The number of amides is 2. The van der Waals surface area contributed by atoms with Crippen molar-refractivity contribution < 1.29 is 9.59 Å². The van der Waals surface area contributed by atoms with Gasteiger partial charge in [0.05, 0.1) is 6.42 Å². The Morgan fingerprint density at radius 2 is 1.66 bits per heavy atom. The van der Waals surface area contributed by atoms with Crippen molar-refractivity contribution in [1.82, 2.24) is 9.80 Å². The maximum Gasteiger partial charge on any atom is 0.248 e. The minimum absolute atomic E-state index is 0.00104. The third-order valence-corrected chi connectivity index (χ3v) is 6.01. The van der Waals surface area contributed by atoms with Crippen molar-refractivity contribution in [2.24, 2.45) is 0 Å². The van der Waals surface area contributed by atoms with Crippen molar-refractivity contribution in [3.8, 4) is 0 Å². The lowest BCUT2D eigenvalue weighted by Crippen LogP contribution is -2.67. The molecule has 1 unspecified atom stereocenters. The van der Waals surface area contributed by atoms with Crippen LogP contribution in [0.5, 0.6) is 0 Å². The molecule has 2 amide bonds. The minimum Gasteiger partial charge on any atom is -0.339 e. The van der Waals surface area contributed by atoms with Gasteiger partial charge in [0.1, 0.15) is 5.54 Å². The fourth-order valence-electron chi connectivity index (χ4n) is 4.23. The van der Waals surface area contributed by atoms with Gasteiger partial charge in [-0.2, -0.15) is 0 Å². The highest BCUT2D eigenvalue weighted by atomic mass is 16.2. The standard InChI is InChI=1S/C25H26N2O2/c1-25(24(29)26(2)18-19-9-4-3-5-10-19)15-16-27(25)23(28)17-21-13-8-12-20-11-6-7-14-22(20)21/h3-14H,15-18H2,1-2H3. The highest BCUT2D eigenvalue weighted by Gasteiger charge is 2.50. The highest BCUT2D eigenvalue weighted by molar-refractivity contribution is 5.95. The summed E-state index contributed by atoms with van der Waals surface area (Å²) < 4.78 is 0. The quantitative estimate of drug-likeness (QED) is 0.664. The minimum atomic E-state index is -0.759. The first-order chi connectivity index (χ1) is 14.0. The van der Waals surface area contributed by atoms with Gasteiger partial charge in [-0.25, -0.2) is 0 Å². The molecule has 0 N–H and O–H groups in total. The van der Waals surface area contributed by atoms with Crippen LogP contribution in [0.3, 0.4) is 0 Å². The molecule has 4 rings (SSSR count). The van der Waals surface area contributed by atoms with E-state index in [0.717, 1.165) is 21.9 Å². The Hall–Kier alpha value is -3.14. The van der Waals surface area contributed by atoms with Crippen molar-refractivity contribution in [3.63, 3.8) is 0 Å². The van der Waals surface area contributed by atoms with Crippen LogP contribution in [-0.4, -0.2) is 40.7 Å². The number of carbonyl (C=O) groups is 2. The topological polar surface area (TPSA) is 40.6 Å². The zero-order valence-corrected chi connectivity index (χ0v) is 17.0. The van der Waals surface area contributed by atoms with Gasteiger partial charge in [0.25, 0.3) is 0 Å². The predicted octanol–water partition coefficient (Wildman–Crippen LogP) is 4.03. The molecule has 4 heteroatoms. The number of likely N-dealkylation sites (N-methyl/N-ethyl adjacent to an activating group) is 1. The molecule has 1 fully saturated rings. The fraction of sp³-hybridized carbons (Fsp3) is 0.280. The molecule has 1 heterocycles. The number of likely N-dealkylation sites (tertiary alicyclic amines) is 1. The molecular formula is C25H26N2O2. The van der Waals surface area contributed by atoms with Gasteiger partial charge in [0.2, 0.25) is 11.8 Å². The summed E-state index contributed by atoms with van der Waals surface area (Å²) in [6.07, 6.45) is 1.01. The van der Waals surface area contributed by atoms with Gasteiger partial charge < -0.3 is 9.80 Å². The zero-order chi connectivity index (χ0) is 20.4. The number of nitrogens with zero attached hydrogens (tertiary/aromatic N) is 2. The third kappa shape index (κ3) is 3.63. The van der Waals surface area contributed by atoms with Crippen molar-refractivity contribution in [2.45, 2.75) is 31.8 Å². The lowest BCUT2D eigenvalue weighted by atomic mass is 9.84. The smallest absolute Gasteiger partial charge is 0.248 e. The van der Waals surface area contributed by atoms with E-state index < -0.39 is 5.54 Å². The fourth-order valence-corrected chi connectivity index (χ4v) is 4.23. The second-order valence-corrected chi connectivity index (χ2v) is 8.03. The molecule has 3 aromatic carbocycles. The molecule has 1 saturated heterocycles. The molecular weight excluding hydrogens is 360 g/mol. The first kappa shape index (κ1) is 19.2. The van der Waals surface area contributed by atoms with Crippen LogP contribution < -0.4 is 0 Å². The van der Waals surface area contributed by atoms with Gasteiger partial charge in [-0.3, -0.25) is 9.59 Å². The molecule has 29 heavy (non-hydrogen) atoms. The summed E-state index contributed by atoms with van der Waals surface area (Å²) in [5.74, 6) is 0.00966. The molecule has 148 valence electrons. The second-order valence-electron chi connectivity index (χ2n) is 8.03. The number of fused-ring (bicyclic) bond motifs is 1. The van der Waals surface area contributed by atoms with Crippen LogP contribution in [-0.2, 0) is 22.6 Å². The summed E-state index contributed by atoms with van der Waals surface area (Å²) in [6.45, 7) is 3.06. The number of carbonyl (C=O) groups excluding carboxylic acids is 2. The van der Waals surface area contributed by atoms with E-state index in [9.17, 15) is 9.59 Å². The summed E-state index contributed by atoms with van der Waals surface area (Å²) >= 11 is 0. The van der Waals surface area contributed by atoms with Crippen molar-refractivity contribution in [3.05, 3.63) is 83.9 Å². The normalized spacial score (nSPS) is 18.3.